The maximum atomic E-state index is 11.9. The minimum Gasteiger partial charge on any atom is -0.355 e. The van der Waals surface area contributed by atoms with Crippen LogP contribution < -0.4 is 11.1 Å². The highest BCUT2D eigenvalue weighted by Gasteiger charge is 2.29. The van der Waals surface area contributed by atoms with Crippen molar-refractivity contribution in [3.05, 3.63) is 0 Å². The van der Waals surface area contributed by atoms with E-state index in [4.69, 9.17) is 5.73 Å². The number of hydrogen-bond donors (Lipinski definition) is 2. The number of alkyl halides is 3. The van der Waals surface area contributed by atoms with Crippen LogP contribution in [0.4, 0.5) is 13.2 Å². The van der Waals surface area contributed by atoms with Crippen molar-refractivity contribution >= 4 is 5.91 Å². The van der Waals surface area contributed by atoms with Crippen LogP contribution in [0.2, 0.25) is 0 Å². The predicted octanol–water partition coefficient (Wildman–Crippen LogP) is 2.21. The molecule has 0 radical (unpaired) electrons. The van der Waals surface area contributed by atoms with Crippen LogP contribution in [-0.2, 0) is 4.79 Å². The standard InChI is InChI=1S/C11H21F3N2O/c1-3-10(4-2,7-15)8-16-9(17)5-6-11(12,13)14/h3-8,15H2,1-2H3,(H,16,17). The van der Waals surface area contributed by atoms with E-state index >= 15 is 0 Å². The number of halogens is 3. The molecule has 0 unspecified atom stereocenters. The maximum absolute atomic E-state index is 11.9. The van der Waals surface area contributed by atoms with Crippen LogP contribution in [-0.4, -0.2) is 25.2 Å². The first kappa shape index (κ1) is 16.2. The zero-order valence-corrected chi connectivity index (χ0v) is 10.4. The average molecular weight is 254 g/mol. The summed E-state index contributed by atoms with van der Waals surface area (Å²) >= 11 is 0. The molecule has 0 aliphatic rings. The van der Waals surface area contributed by atoms with Gasteiger partial charge in [0.05, 0.1) is 6.42 Å². The molecule has 0 aliphatic heterocycles. The molecule has 0 aliphatic carbocycles. The summed E-state index contributed by atoms with van der Waals surface area (Å²) < 4.78 is 35.7. The van der Waals surface area contributed by atoms with Crippen LogP contribution in [0.25, 0.3) is 0 Å². The van der Waals surface area contributed by atoms with Gasteiger partial charge in [-0.05, 0) is 24.8 Å². The van der Waals surface area contributed by atoms with Gasteiger partial charge in [-0.15, -0.1) is 0 Å². The SMILES string of the molecule is CCC(CC)(CN)CNC(=O)CCC(F)(F)F. The number of nitrogens with two attached hydrogens (primary N) is 1. The number of carbonyl (C=O) groups is 1. The van der Waals surface area contributed by atoms with Crippen LogP contribution in [0.5, 0.6) is 0 Å². The molecule has 0 aromatic rings. The normalized spacial score (nSPS) is 12.6. The van der Waals surface area contributed by atoms with E-state index < -0.39 is 24.9 Å². The molecule has 0 atom stereocenters. The first-order valence-electron chi connectivity index (χ1n) is 5.82. The molecule has 17 heavy (non-hydrogen) atoms. The van der Waals surface area contributed by atoms with Gasteiger partial charge in [0.1, 0.15) is 0 Å². The van der Waals surface area contributed by atoms with Crippen molar-refractivity contribution < 1.29 is 18.0 Å². The molecule has 0 fully saturated rings. The molecule has 3 N–H and O–H groups in total. The van der Waals surface area contributed by atoms with Crippen LogP contribution in [0.15, 0.2) is 0 Å². The van der Waals surface area contributed by atoms with Gasteiger partial charge in [0.2, 0.25) is 5.91 Å². The van der Waals surface area contributed by atoms with Gasteiger partial charge in [0.25, 0.3) is 0 Å². The summed E-state index contributed by atoms with van der Waals surface area (Å²) in [5.41, 5.74) is 5.43. The van der Waals surface area contributed by atoms with Crippen molar-refractivity contribution in [2.24, 2.45) is 11.1 Å². The number of nitrogens with one attached hydrogen (secondary N) is 1. The van der Waals surface area contributed by atoms with Crippen LogP contribution in [0.1, 0.15) is 39.5 Å². The second kappa shape index (κ2) is 6.83. The number of hydrogen-bond acceptors (Lipinski definition) is 2. The van der Waals surface area contributed by atoms with E-state index in [1.165, 1.54) is 0 Å². The minimum absolute atomic E-state index is 0.201. The summed E-state index contributed by atoms with van der Waals surface area (Å²) in [4.78, 5) is 11.2. The summed E-state index contributed by atoms with van der Waals surface area (Å²) in [6, 6.07) is 0. The smallest absolute Gasteiger partial charge is 0.355 e. The Balaban J connectivity index is 4.06. The summed E-state index contributed by atoms with van der Waals surface area (Å²) in [7, 11) is 0. The van der Waals surface area contributed by atoms with Crippen LogP contribution in [0, 0.1) is 5.41 Å². The third-order valence-electron chi connectivity index (χ3n) is 3.23. The fourth-order valence-corrected chi connectivity index (χ4v) is 1.49. The van der Waals surface area contributed by atoms with E-state index in [2.05, 4.69) is 5.32 Å². The molecule has 0 aromatic heterocycles. The molecule has 0 aromatic carbocycles. The summed E-state index contributed by atoms with van der Waals surface area (Å²) in [6.45, 7) is 4.67. The Morgan fingerprint density at radius 2 is 1.76 bits per heavy atom. The van der Waals surface area contributed by atoms with Gasteiger partial charge < -0.3 is 11.1 Å². The lowest BCUT2D eigenvalue weighted by Gasteiger charge is -2.30. The predicted molar refractivity (Wildman–Crippen MR) is 60.4 cm³/mol. The molecule has 0 heterocycles. The zero-order chi connectivity index (χ0) is 13.5. The molecule has 6 heteroatoms. The molecule has 1 amide bonds. The molecular formula is C11H21F3N2O. The Morgan fingerprint density at radius 1 is 1.24 bits per heavy atom. The zero-order valence-electron chi connectivity index (χ0n) is 10.4. The van der Waals surface area contributed by atoms with Crippen molar-refractivity contribution in [1.82, 2.24) is 5.32 Å². The number of rotatable bonds is 7. The highest BCUT2D eigenvalue weighted by Crippen LogP contribution is 2.24. The highest BCUT2D eigenvalue weighted by molar-refractivity contribution is 5.75. The number of carbonyl (C=O) groups excluding carboxylic acids is 1. The minimum atomic E-state index is -4.28. The fraction of sp³-hybridized carbons (Fsp3) is 0.909. The molecule has 0 saturated heterocycles. The Labute approximate surface area is 99.9 Å². The van der Waals surface area contributed by atoms with Gasteiger partial charge in [-0.1, -0.05) is 13.8 Å². The van der Waals surface area contributed by atoms with Crippen molar-refractivity contribution in [2.75, 3.05) is 13.1 Å². The fourth-order valence-electron chi connectivity index (χ4n) is 1.49. The average Bonchev–Trinajstić information content (AvgIpc) is 2.28. The Bertz CT molecular complexity index is 229. The second-order valence-electron chi connectivity index (χ2n) is 4.30. The van der Waals surface area contributed by atoms with Gasteiger partial charge in [0, 0.05) is 13.0 Å². The third-order valence-corrected chi connectivity index (χ3v) is 3.23. The first-order valence-corrected chi connectivity index (χ1v) is 5.82. The highest BCUT2D eigenvalue weighted by atomic mass is 19.4. The lowest BCUT2D eigenvalue weighted by atomic mass is 9.82. The van der Waals surface area contributed by atoms with E-state index in [9.17, 15) is 18.0 Å². The summed E-state index contributed by atoms with van der Waals surface area (Å²) in [6.07, 6.45) is -4.29. The molecule has 3 nitrogen and oxygen atoms in total. The van der Waals surface area contributed by atoms with Crippen LogP contribution in [0.3, 0.4) is 0 Å². The first-order chi connectivity index (χ1) is 7.78. The van der Waals surface area contributed by atoms with E-state index in [1.54, 1.807) is 0 Å². The monoisotopic (exact) mass is 254 g/mol. The Hall–Kier alpha value is -0.780. The second-order valence-corrected chi connectivity index (χ2v) is 4.30. The van der Waals surface area contributed by atoms with E-state index in [-0.39, 0.29) is 5.41 Å². The molecule has 0 rings (SSSR count). The maximum Gasteiger partial charge on any atom is 0.389 e. The number of amides is 1. The molecule has 0 saturated carbocycles. The van der Waals surface area contributed by atoms with E-state index in [0.717, 1.165) is 12.8 Å². The summed E-state index contributed by atoms with van der Waals surface area (Å²) in [5.74, 6) is -0.568. The van der Waals surface area contributed by atoms with Gasteiger partial charge in [-0.3, -0.25) is 4.79 Å². The Kier molecular flexibility index (Phi) is 6.52. The van der Waals surface area contributed by atoms with Crippen molar-refractivity contribution in [2.45, 2.75) is 45.7 Å². The van der Waals surface area contributed by atoms with Gasteiger partial charge in [0.15, 0.2) is 0 Å². The molecule has 0 bridgehead atoms. The van der Waals surface area contributed by atoms with Crippen molar-refractivity contribution in [3.8, 4) is 0 Å². The lowest BCUT2D eigenvalue weighted by Crippen LogP contribution is -2.42. The summed E-state index contributed by atoms with van der Waals surface area (Å²) in [5, 5.41) is 2.53. The third kappa shape index (κ3) is 6.51. The van der Waals surface area contributed by atoms with Crippen molar-refractivity contribution in [1.29, 1.82) is 0 Å². The van der Waals surface area contributed by atoms with Gasteiger partial charge in [-0.25, -0.2) is 0 Å². The van der Waals surface area contributed by atoms with E-state index in [0.29, 0.717) is 13.1 Å². The van der Waals surface area contributed by atoms with E-state index in [1.807, 2.05) is 13.8 Å². The lowest BCUT2D eigenvalue weighted by molar-refractivity contribution is -0.144. The Morgan fingerprint density at radius 3 is 2.12 bits per heavy atom. The topological polar surface area (TPSA) is 55.1 Å². The molecule has 102 valence electrons. The molecular weight excluding hydrogens is 233 g/mol. The van der Waals surface area contributed by atoms with Crippen molar-refractivity contribution in [3.63, 3.8) is 0 Å². The molecule has 0 spiro atoms. The quantitative estimate of drug-likeness (QED) is 0.732. The van der Waals surface area contributed by atoms with Gasteiger partial charge in [-0.2, -0.15) is 13.2 Å². The largest absolute Gasteiger partial charge is 0.389 e. The van der Waals surface area contributed by atoms with Crippen LogP contribution >= 0.6 is 0 Å². The van der Waals surface area contributed by atoms with Gasteiger partial charge >= 0.3 is 6.18 Å².